The Morgan fingerprint density at radius 2 is 1.93 bits per heavy atom. The molecular weight excluding hydrogens is 208 g/mol. The number of alkyl halides is 1. The summed E-state index contributed by atoms with van der Waals surface area (Å²) in [6.45, 7) is 3.46. The van der Waals surface area contributed by atoms with Crippen LogP contribution in [-0.4, -0.2) is 29.5 Å². The first kappa shape index (κ1) is 9.61. The second-order valence-corrected chi connectivity index (χ2v) is 5.32. The summed E-state index contributed by atoms with van der Waals surface area (Å²) >= 11 is 6.83. The minimum Gasteiger partial charge on any atom is -0.301 e. The second-order valence-electron chi connectivity index (χ2n) is 4.65. The number of hydrogen-bond acceptors (Lipinski definition) is 2. The van der Waals surface area contributed by atoms with Gasteiger partial charge in [0.15, 0.2) is 0 Å². The van der Waals surface area contributed by atoms with Crippen molar-refractivity contribution in [2.24, 2.45) is 5.92 Å². The molecule has 4 heterocycles. The second kappa shape index (κ2) is 3.46. The average molecular weight is 223 g/mol. The lowest BCUT2D eigenvalue weighted by molar-refractivity contribution is 0.0665. The summed E-state index contributed by atoms with van der Waals surface area (Å²) in [4.78, 5) is 6.39. The Labute approximate surface area is 95.3 Å². The molecule has 0 aromatic carbocycles. The minimum absolute atomic E-state index is 0.153. The predicted octanol–water partition coefficient (Wildman–Crippen LogP) is 2.24. The first-order valence-electron chi connectivity index (χ1n) is 5.61. The maximum atomic E-state index is 6.83. The third kappa shape index (κ3) is 1.47. The summed E-state index contributed by atoms with van der Waals surface area (Å²) in [5, 5.41) is 0. The molecule has 0 saturated carbocycles. The van der Waals surface area contributed by atoms with E-state index in [1.54, 1.807) is 0 Å². The van der Waals surface area contributed by atoms with Crippen molar-refractivity contribution in [3.05, 3.63) is 30.1 Å². The first-order valence-corrected chi connectivity index (χ1v) is 5.98. The van der Waals surface area contributed by atoms with E-state index in [4.69, 9.17) is 11.6 Å². The average Bonchev–Trinajstić information content (AvgIpc) is 2.31. The fourth-order valence-corrected chi connectivity index (χ4v) is 3.47. The molecule has 0 spiro atoms. The monoisotopic (exact) mass is 222 g/mol. The van der Waals surface area contributed by atoms with E-state index in [1.165, 1.54) is 31.5 Å². The number of fused-ring (bicyclic) bond motifs is 3. The predicted molar refractivity (Wildman–Crippen MR) is 60.9 cm³/mol. The van der Waals surface area contributed by atoms with E-state index in [9.17, 15) is 0 Å². The molecule has 3 saturated heterocycles. The SMILES string of the molecule is ClC1(c2ccncc2)CN2CCC1CC2. The van der Waals surface area contributed by atoms with Gasteiger partial charge in [0.1, 0.15) is 0 Å². The normalized spacial score (nSPS) is 39.3. The molecule has 3 heteroatoms. The number of aromatic nitrogens is 1. The highest BCUT2D eigenvalue weighted by Gasteiger charge is 2.46. The van der Waals surface area contributed by atoms with Crippen molar-refractivity contribution in [3.8, 4) is 0 Å². The number of pyridine rings is 1. The van der Waals surface area contributed by atoms with Gasteiger partial charge in [0.05, 0.1) is 4.87 Å². The summed E-state index contributed by atoms with van der Waals surface area (Å²) in [5.74, 6) is 0.645. The number of rotatable bonds is 1. The maximum absolute atomic E-state index is 6.83. The number of nitrogens with zero attached hydrogens (tertiary/aromatic N) is 2. The molecule has 1 unspecified atom stereocenters. The van der Waals surface area contributed by atoms with Crippen molar-refractivity contribution in [2.45, 2.75) is 17.7 Å². The Bertz CT molecular complexity index is 346. The van der Waals surface area contributed by atoms with Crippen LogP contribution in [0.15, 0.2) is 24.5 Å². The molecule has 80 valence electrons. The molecule has 3 aliphatic rings. The van der Waals surface area contributed by atoms with Crippen LogP contribution in [0.4, 0.5) is 0 Å². The van der Waals surface area contributed by atoms with Crippen LogP contribution in [0, 0.1) is 5.92 Å². The number of halogens is 1. The van der Waals surface area contributed by atoms with Crippen LogP contribution in [0.2, 0.25) is 0 Å². The molecule has 15 heavy (non-hydrogen) atoms. The van der Waals surface area contributed by atoms with Crippen LogP contribution in [0.5, 0.6) is 0 Å². The van der Waals surface area contributed by atoms with E-state index in [0.29, 0.717) is 5.92 Å². The van der Waals surface area contributed by atoms with E-state index in [0.717, 1.165) is 6.54 Å². The molecule has 0 radical (unpaired) electrons. The Balaban J connectivity index is 1.97. The van der Waals surface area contributed by atoms with Crippen molar-refractivity contribution < 1.29 is 0 Å². The Hall–Kier alpha value is -0.600. The van der Waals surface area contributed by atoms with Gasteiger partial charge in [0.2, 0.25) is 0 Å². The van der Waals surface area contributed by atoms with Gasteiger partial charge in [-0.2, -0.15) is 0 Å². The fourth-order valence-electron chi connectivity index (χ4n) is 2.96. The quantitative estimate of drug-likeness (QED) is 0.678. The van der Waals surface area contributed by atoms with E-state index >= 15 is 0 Å². The van der Waals surface area contributed by atoms with Gasteiger partial charge in [-0.15, -0.1) is 11.6 Å². The van der Waals surface area contributed by atoms with Gasteiger partial charge in [-0.3, -0.25) is 4.98 Å². The standard InChI is InChI=1S/C12H15ClN2/c13-12(10-1-5-14-6-2-10)9-15-7-3-11(12)4-8-15/h1-2,5-6,11H,3-4,7-9H2. The van der Waals surface area contributed by atoms with Gasteiger partial charge in [-0.1, -0.05) is 0 Å². The summed E-state index contributed by atoms with van der Waals surface area (Å²) < 4.78 is 0. The van der Waals surface area contributed by atoms with Gasteiger partial charge in [-0.05, 0) is 49.5 Å². The summed E-state index contributed by atoms with van der Waals surface area (Å²) in [6, 6.07) is 4.13. The third-order valence-corrected chi connectivity index (χ3v) is 4.49. The highest BCUT2D eigenvalue weighted by Crippen LogP contribution is 2.47. The summed E-state index contributed by atoms with van der Waals surface area (Å²) in [7, 11) is 0. The fraction of sp³-hybridized carbons (Fsp3) is 0.583. The molecule has 3 fully saturated rings. The number of piperidine rings is 3. The highest BCUT2D eigenvalue weighted by atomic mass is 35.5. The largest absolute Gasteiger partial charge is 0.301 e. The van der Waals surface area contributed by atoms with Crippen molar-refractivity contribution in [1.29, 1.82) is 0 Å². The third-order valence-electron chi connectivity index (χ3n) is 3.85. The zero-order valence-corrected chi connectivity index (χ0v) is 9.45. The molecule has 2 nitrogen and oxygen atoms in total. The Kier molecular flexibility index (Phi) is 2.22. The van der Waals surface area contributed by atoms with Crippen molar-refractivity contribution >= 4 is 11.6 Å². The lowest BCUT2D eigenvalue weighted by Crippen LogP contribution is -2.54. The number of hydrogen-bond donors (Lipinski definition) is 0. The zero-order chi connectivity index (χ0) is 10.3. The Morgan fingerprint density at radius 3 is 2.47 bits per heavy atom. The lowest BCUT2D eigenvalue weighted by atomic mass is 9.75. The molecule has 4 rings (SSSR count). The van der Waals surface area contributed by atoms with E-state index in [2.05, 4.69) is 22.0 Å². The Morgan fingerprint density at radius 1 is 1.27 bits per heavy atom. The van der Waals surface area contributed by atoms with Crippen LogP contribution >= 0.6 is 11.6 Å². The topological polar surface area (TPSA) is 16.1 Å². The molecule has 1 atom stereocenters. The van der Waals surface area contributed by atoms with Gasteiger partial charge in [0, 0.05) is 18.9 Å². The van der Waals surface area contributed by atoms with Crippen LogP contribution in [0.25, 0.3) is 0 Å². The van der Waals surface area contributed by atoms with Crippen LogP contribution < -0.4 is 0 Å². The molecular formula is C12H15ClN2. The molecule has 2 bridgehead atoms. The molecule has 3 aliphatic heterocycles. The summed E-state index contributed by atoms with van der Waals surface area (Å²) in [6.07, 6.45) is 6.17. The van der Waals surface area contributed by atoms with Gasteiger partial charge in [0.25, 0.3) is 0 Å². The van der Waals surface area contributed by atoms with Gasteiger partial charge in [-0.25, -0.2) is 0 Å². The van der Waals surface area contributed by atoms with E-state index < -0.39 is 0 Å². The molecule has 0 amide bonds. The van der Waals surface area contributed by atoms with Crippen molar-refractivity contribution in [2.75, 3.05) is 19.6 Å². The molecule has 1 aromatic rings. The highest BCUT2D eigenvalue weighted by molar-refractivity contribution is 6.24. The van der Waals surface area contributed by atoms with E-state index in [-0.39, 0.29) is 4.87 Å². The van der Waals surface area contributed by atoms with Crippen LogP contribution in [0.3, 0.4) is 0 Å². The summed E-state index contributed by atoms with van der Waals surface area (Å²) in [5.41, 5.74) is 1.24. The van der Waals surface area contributed by atoms with E-state index in [1.807, 2.05) is 12.4 Å². The maximum Gasteiger partial charge on any atom is 0.0851 e. The van der Waals surface area contributed by atoms with Crippen molar-refractivity contribution in [1.82, 2.24) is 9.88 Å². The smallest absolute Gasteiger partial charge is 0.0851 e. The van der Waals surface area contributed by atoms with Gasteiger partial charge >= 0.3 is 0 Å². The van der Waals surface area contributed by atoms with Crippen molar-refractivity contribution in [3.63, 3.8) is 0 Å². The lowest BCUT2D eigenvalue weighted by Gasteiger charge is -2.50. The molecule has 0 N–H and O–H groups in total. The molecule has 0 aliphatic carbocycles. The van der Waals surface area contributed by atoms with Gasteiger partial charge < -0.3 is 4.90 Å². The van der Waals surface area contributed by atoms with Crippen LogP contribution in [0.1, 0.15) is 18.4 Å². The van der Waals surface area contributed by atoms with Crippen LogP contribution in [-0.2, 0) is 4.87 Å². The minimum atomic E-state index is -0.153. The first-order chi connectivity index (χ1) is 7.29. The zero-order valence-electron chi connectivity index (χ0n) is 8.69. The molecule has 1 aromatic heterocycles.